The monoisotopic (exact) mass is 264 g/mol. The van der Waals surface area contributed by atoms with Crippen molar-refractivity contribution in [3.05, 3.63) is 35.7 Å². The number of rotatable bonds is 8. The van der Waals surface area contributed by atoms with Gasteiger partial charge >= 0.3 is 0 Å². The maximum atomic E-state index is 4.26. The summed E-state index contributed by atoms with van der Waals surface area (Å²) in [5.41, 5.74) is 3.68. The molecule has 0 fully saturated rings. The van der Waals surface area contributed by atoms with E-state index in [-0.39, 0.29) is 5.54 Å². The van der Waals surface area contributed by atoms with E-state index in [9.17, 15) is 0 Å². The molecule has 2 nitrogen and oxygen atoms in total. The molecule has 2 heteroatoms. The van der Waals surface area contributed by atoms with Gasteiger partial charge in [0.25, 0.3) is 0 Å². The fourth-order valence-electron chi connectivity index (χ4n) is 2.14. The zero-order valence-electron chi connectivity index (χ0n) is 13.9. The van der Waals surface area contributed by atoms with Crippen molar-refractivity contribution in [2.75, 3.05) is 14.1 Å². The number of nitrogens with one attached hydrogen (secondary N) is 1. The zero-order valence-corrected chi connectivity index (χ0v) is 13.9. The summed E-state index contributed by atoms with van der Waals surface area (Å²) in [6.45, 7) is 15.3. The van der Waals surface area contributed by atoms with E-state index >= 15 is 0 Å². The minimum Gasteiger partial charge on any atom is -0.392 e. The maximum absolute atomic E-state index is 4.26. The standard InChI is InChI=1S/C17H32N2/c1-9-13-17(6,10-2)19(8)16(5)14(3)11-12-15(4)18-7/h11-12,18H,5,9-10,13H2,1-4,6-8H3/b14-11-,15-12+. The van der Waals surface area contributed by atoms with Crippen LogP contribution >= 0.6 is 0 Å². The molecule has 0 aliphatic heterocycles. The number of hydrogen-bond acceptors (Lipinski definition) is 2. The van der Waals surface area contributed by atoms with Crippen molar-refractivity contribution in [1.29, 1.82) is 0 Å². The molecule has 0 aromatic heterocycles. The van der Waals surface area contributed by atoms with Crippen LogP contribution in [-0.4, -0.2) is 24.5 Å². The van der Waals surface area contributed by atoms with Gasteiger partial charge in [-0.2, -0.15) is 0 Å². The summed E-state index contributed by atoms with van der Waals surface area (Å²) in [5, 5.41) is 3.12. The van der Waals surface area contributed by atoms with Gasteiger partial charge in [0, 0.05) is 31.0 Å². The summed E-state index contributed by atoms with van der Waals surface area (Å²) in [6, 6.07) is 0. The van der Waals surface area contributed by atoms with E-state index in [2.05, 4.69) is 70.6 Å². The quantitative estimate of drug-likeness (QED) is 0.651. The van der Waals surface area contributed by atoms with Crippen LogP contribution in [0.1, 0.15) is 53.9 Å². The Hall–Kier alpha value is -1.18. The van der Waals surface area contributed by atoms with E-state index in [1.807, 2.05) is 7.05 Å². The maximum Gasteiger partial charge on any atom is 0.0368 e. The summed E-state index contributed by atoms with van der Waals surface area (Å²) in [7, 11) is 4.10. The summed E-state index contributed by atoms with van der Waals surface area (Å²) >= 11 is 0. The minimum absolute atomic E-state index is 0.197. The van der Waals surface area contributed by atoms with Crippen LogP contribution in [0.25, 0.3) is 0 Å². The molecular formula is C17H32N2. The van der Waals surface area contributed by atoms with Crippen LogP contribution in [-0.2, 0) is 0 Å². The van der Waals surface area contributed by atoms with E-state index in [4.69, 9.17) is 0 Å². The van der Waals surface area contributed by atoms with Crippen LogP contribution in [0.4, 0.5) is 0 Å². The highest BCUT2D eigenvalue weighted by Gasteiger charge is 2.27. The van der Waals surface area contributed by atoms with Crippen LogP contribution < -0.4 is 5.32 Å². The van der Waals surface area contributed by atoms with E-state index in [0.29, 0.717) is 0 Å². The zero-order chi connectivity index (χ0) is 15.1. The van der Waals surface area contributed by atoms with Gasteiger partial charge in [0.05, 0.1) is 0 Å². The van der Waals surface area contributed by atoms with Gasteiger partial charge in [-0.15, -0.1) is 0 Å². The molecule has 0 bridgehead atoms. The van der Waals surface area contributed by atoms with Gasteiger partial charge in [-0.1, -0.05) is 32.9 Å². The average molecular weight is 264 g/mol. The van der Waals surface area contributed by atoms with Crippen molar-refractivity contribution in [2.45, 2.75) is 59.4 Å². The van der Waals surface area contributed by atoms with Gasteiger partial charge < -0.3 is 10.2 Å². The molecule has 0 amide bonds. The molecule has 1 unspecified atom stereocenters. The van der Waals surface area contributed by atoms with Crippen molar-refractivity contribution < 1.29 is 0 Å². The SMILES string of the molecule is C=C(/C(C)=C\C=C(/C)NC)N(C)C(C)(CC)CCC. The van der Waals surface area contributed by atoms with E-state index in [0.717, 1.165) is 17.8 Å². The van der Waals surface area contributed by atoms with Crippen LogP contribution in [0.15, 0.2) is 35.7 Å². The lowest BCUT2D eigenvalue weighted by atomic mass is 9.90. The fourth-order valence-corrected chi connectivity index (χ4v) is 2.14. The molecule has 0 aromatic carbocycles. The molecule has 0 heterocycles. The highest BCUT2D eigenvalue weighted by Crippen LogP contribution is 2.29. The first-order chi connectivity index (χ1) is 8.82. The summed E-state index contributed by atoms with van der Waals surface area (Å²) in [5.74, 6) is 0. The molecule has 0 aromatic rings. The van der Waals surface area contributed by atoms with Crippen LogP contribution in [0, 0.1) is 0 Å². The number of allylic oxidation sites excluding steroid dienone is 4. The van der Waals surface area contributed by atoms with E-state index in [1.54, 1.807) is 0 Å². The Labute approximate surface area is 120 Å². The van der Waals surface area contributed by atoms with Crippen molar-refractivity contribution in [3.63, 3.8) is 0 Å². The summed E-state index contributed by atoms with van der Waals surface area (Å²) in [4.78, 5) is 2.34. The van der Waals surface area contributed by atoms with Crippen molar-refractivity contribution in [2.24, 2.45) is 0 Å². The van der Waals surface area contributed by atoms with Gasteiger partial charge in [-0.25, -0.2) is 0 Å². The second-order valence-corrected chi connectivity index (χ2v) is 5.56. The molecule has 0 saturated heterocycles. The Morgan fingerprint density at radius 2 is 1.84 bits per heavy atom. The largest absolute Gasteiger partial charge is 0.392 e. The molecule has 1 atom stereocenters. The first-order valence-electron chi connectivity index (χ1n) is 7.28. The smallest absolute Gasteiger partial charge is 0.0368 e. The lowest BCUT2D eigenvalue weighted by Gasteiger charge is -2.41. The highest BCUT2D eigenvalue weighted by atomic mass is 15.2. The molecule has 1 N–H and O–H groups in total. The number of hydrogen-bond donors (Lipinski definition) is 1. The molecule has 19 heavy (non-hydrogen) atoms. The first kappa shape index (κ1) is 17.8. The third kappa shape index (κ3) is 5.14. The topological polar surface area (TPSA) is 15.3 Å². The van der Waals surface area contributed by atoms with E-state index in [1.165, 1.54) is 18.4 Å². The minimum atomic E-state index is 0.197. The Morgan fingerprint density at radius 1 is 1.26 bits per heavy atom. The Morgan fingerprint density at radius 3 is 2.26 bits per heavy atom. The van der Waals surface area contributed by atoms with Gasteiger partial charge in [-0.3, -0.25) is 0 Å². The average Bonchev–Trinajstić information content (AvgIpc) is 2.42. The van der Waals surface area contributed by atoms with Crippen molar-refractivity contribution in [1.82, 2.24) is 10.2 Å². The molecule has 0 radical (unpaired) electrons. The predicted octanol–water partition coefficient (Wildman–Crippen LogP) is 4.47. The summed E-state index contributed by atoms with van der Waals surface area (Å²) < 4.78 is 0. The van der Waals surface area contributed by atoms with Crippen LogP contribution in [0.5, 0.6) is 0 Å². The lowest BCUT2D eigenvalue weighted by Crippen LogP contribution is -2.42. The second-order valence-electron chi connectivity index (χ2n) is 5.56. The van der Waals surface area contributed by atoms with Gasteiger partial charge in [-0.05, 0) is 45.3 Å². The lowest BCUT2D eigenvalue weighted by molar-refractivity contribution is 0.165. The molecule has 0 rings (SSSR count). The molecule has 0 aliphatic rings. The van der Waals surface area contributed by atoms with Crippen molar-refractivity contribution in [3.8, 4) is 0 Å². The predicted molar refractivity (Wildman–Crippen MR) is 87.1 cm³/mol. The Balaban J connectivity index is 4.99. The number of likely N-dealkylation sites (N-methyl/N-ethyl adjacent to an activating group) is 1. The summed E-state index contributed by atoms with van der Waals surface area (Å²) in [6.07, 6.45) is 7.75. The molecular weight excluding hydrogens is 232 g/mol. The van der Waals surface area contributed by atoms with Gasteiger partial charge in [0.1, 0.15) is 0 Å². The highest BCUT2D eigenvalue weighted by molar-refractivity contribution is 5.30. The number of nitrogens with zero attached hydrogens (tertiary/aromatic N) is 1. The molecule has 0 spiro atoms. The van der Waals surface area contributed by atoms with E-state index < -0.39 is 0 Å². The van der Waals surface area contributed by atoms with Crippen LogP contribution in [0.3, 0.4) is 0 Å². The molecule has 110 valence electrons. The fraction of sp³-hybridized carbons (Fsp3) is 0.647. The van der Waals surface area contributed by atoms with Crippen molar-refractivity contribution >= 4 is 0 Å². The third-order valence-corrected chi connectivity index (χ3v) is 4.20. The third-order valence-electron chi connectivity index (χ3n) is 4.20. The Bertz CT molecular complexity index is 352. The normalized spacial score (nSPS) is 15.9. The Kier molecular flexibility index (Phi) is 7.58. The van der Waals surface area contributed by atoms with Gasteiger partial charge in [0.15, 0.2) is 0 Å². The molecule has 0 saturated carbocycles. The second kappa shape index (κ2) is 8.08. The molecule has 0 aliphatic carbocycles. The first-order valence-corrected chi connectivity index (χ1v) is 7.28. The van der Waals surface area contributed by atoms with Crippen LogP contribution in [0.2, 0.25) is 0 Å². The van der Waals surface area contributed by atoms with Gasteiger partial charge in [0.2, 0.25) is 0 Å².